The first-order chi connectivity index (χ1) is 12.3. The number of likely N-dealkylation sites (N-methyl/N-ethyl adjacent to an activating group) is 2. The average Bonchev–Trinajstić information content (AvgIpc) is 2.54. The number of amides is 2. The average molecular weight is 394 g/mol. The molecule has 2 aromatic carbocycles. The molecule has 1 N–H and O–H groups in total. The Hall–Kier alpha value is -2.08. The van der Waals surface area contributed by atoms with Gasteiger partial charge in [-0.15, -0.1) is 0 Å². The monoisotopic (exact) mass is 393 g/mol. The van der Waals surface area contributed by atoms with Crippen LogP contribution < -0.4 is 5.32 Å². The molecule has 0 aliphatic rings. The highest BCUT2D eigenvalue weighted by Gasteiger charge is 2.27. The number of carbonyl (C=O) groups is 2. The second kappa shape index (κ2) is 9.03. The minimum Gasteiger partial charge on any atom is -0.348 e. The Kier molecular flexibility index (Phi) is 7.03. The molecule has 0 aliphatic heterocycles. The van der Waals surface area contributed by atoms with Gasteiger partial charge in [0.25, 0.3) is 0 Å². The van der Waals surface area contributed by atoms with E-state index in [0.29, 0.717) is 15.7 Å². The van der Waals surface area contributed by atoms with Crippen LogP contribution in [0.25, 0.3) is 0 Å². The maximum atomic E-state index is 13.0. The minimum absolute atomic E-state index is 0.0907. The van der Waals surface area contributed by atoms with Crippen molar-refractivity contribution in [3.63, 3.8) is 0 Å². The summed E-state index contributed by atoms with van der Waals surface area (Å²) in [6.45, 7) is 0.107. The summed E-state index contributed by atoms with van der Waals surface area (Å²) in [5.74, 6) is -0.365. The summed E-state index contributed by atoms with van der Waals surface area (Å²) in [4.78, 5) is 28.2. The maximum absolute atomic E-state index is 13.0. The number of rotatable bonds is 6. The second-order valence-electron chi connectivity index (χ2n) is 6.16. The van der Waals surface area contributed by atoms with Crippen LogP contribution in [0.15, 0.2) is 48.5 Å². The molecular formula is C19H21Cl2N3O2. The van der Waals surface area contributed by atoms with Gasteiger partial charge >= 0.3 is 0 Å². The summed E-state index contributed by atoms with van der Waals surface area (Å²) in [6, 6.07) is 13.5. The molecular weight excluding hydrogens is 373 g/mol. The number of benzene rings is 2. The molecule has 0 heterocycles. The van der Waals surface area contributed by atoms with Gasteiger partial charge in [0.2, 0.25) is 11.8 Å². The first-order valence-electron chi connectivity index (χ1n) is 8.00. The molecule has 0 saturated carbocycles. The smallest absolute Gasteiger partial charge is 0.246 e. The molecule has 2 amide bonds. The quantitative estimate of drug-likeness (QED) is 0.813. The lowest BCUT2D eigenvalue weighted by atomic mass is 10.0. The summed E-state index contributed by atoms with van der Waals surface area (Å²) in [5.41, 5.74) is 1.29. The zero-order chi connectivity index (χ0) is 19.3. The highest BCUT2D eigenvalue weighted by atomic mass is 35.5. The summed E-state index contributed by atoms with van der Waals surface area (Å²) >= 11 is 12.0. The van der Waals surface area contributed by atoms with Crippen LogP contribution in [0, 0.1) is 0 Å². The van der Waals surface area contributed by atoms with Crippen LogP contribution in [0.3, 0.4) is 0 Å². The Morgan fingerprint density at radius 1 is 1.00 bits per heavy atom. The van der Waals surface area contributed by atoms with Gasteiger partial charge in [0.1, 0.15) is 6.04 Å². The fourth-order valence-electron chi connectivity index (χ4n) is 2.52. The van der Waals surface area contributed by atoms with Crippen LogP contribution in [0.1, 0.15) is 11.6 Å². The third-order valence-corrected chi connectivity index (χ3v) is 4.25. The van der Waals surface area contributed by atoms with Gasteiger partial charge < -0.3 is 10.2 Å². The molecule has 2 rings (SSSR count). The zero-order valence-electron chi connectivity index (χ0n) is 14.9. The Bertz CT molecular complexity index is 761. The molecule has 0 aliphatic carbocycles. The highest BCUT2D eigenvalue weighted by Crippen LogP contribution is 2.25. The van der Waals surface area contributed by atoms with Crippen molar-refractivity contribution in [1.29, 1.82) is 0 Å². The number of halogens is 2. The molecule has 26 heavy (non-hydrogen) atoms. The lowest BCUT2D eigenvalue weighted by Gasteiger charge is -2.28. The number of nitrogens with one attached hydrogen (secondary N) is 1. The minimum atomic E-state index is -0.641. The van der Waals surface area contributed by atoms with E-state index in [1.807, 2.05) is 30.3 Å². The fraction of sp³-hybridized carbons (Fsp3) is 0.263. The molecule has 0 fully saturated rings. The lowest BCUT2D eigenvalue weighted by Crippen LogP contribution is -2.41. The van der Waals surface area contributed by atoms with Crippen LogP contribution in [-0.2, 0) is 9.59 Å². The van der Waals surface area contributed by atoms with Gasteiger partial charge in [-0.1, -0.05) is 53.5 Å². The first-order valence-corrected chi connectivity index (χ1v) is 8.76. The van der Waals surface area contributed by atoms with Crippen molar-refractivity contribution in [1.82, 2.24) is 9.80 Å². The van der Waals surface area contributed by atoms with E-state index >= 15 is 0 Å². The van der Waals surface area contributed by atoms with Gasteiger partial charge in [0, 0.05) is 29.8 Å². The number of anilines is 1. The van der Waals surface area contributed by atoms with Crippen molar-refractivity contribution < 1.29 is 9.59 Å². The first kappa shape index (κ1) is 20.2. The van der Waals surface area contributed by atoms with Crippen LogP contribution in [0.4, 0.5) is 5.69 Å². The van der Waals surface area contributed by atoms with Gasteiger partial charge in [-0.3, -0.25) is 14.5 Å². The molecule has 0 spiro atoms. The van der Waals surface area contributed by atoms with Crippen molar-refractivity contribution in [2.24, 2.45) is 0 Å². The summed E-state index contributed by atoms with van der Waals surface area (Å²) in [7, 11) is 5.10. The normalized spacial score (nSPS) is 11.9. The zero-order valence-corrected chi connectivity index (χ0v) is 16.4. The molecule has 0 saturated heterocycles. The topological polar surface area (TPSA) is 52.7 Å². The summed E-state index contributed by atoms with van der Waals surface area (Å²) in [5, 5.41) is 3.69. The second-order valence-corrected chi connectivity index (χ2v) is 7.04. The molecule has 1 atom stereocenters. The third kappa shape index (κ3) is 5.46. The van der Waals surface area contributed by atoms with E-state index in [4.69, 9.17) is 23.2 Å². The molecule has 0 aromatic heterocycles. The van der Waals surface area contributed by atoms with E-state index in [1.165, 1.54) is 4.90 Å². The molecule has 0 unspecified atom stereocenters. The Morgan fingerprint density at radius 2 is 1.58 bits per heavy atom. The number of hydrogen-bond acceptors (Lipinski definition) is 3. The Balaban J connectivity index is 2.28. The standard InChI is InChI=1S/C19H21Cl2N3O2/c1-23(2)17(25)12-24(3)18(13-7-5-4-6-8-13)19(26)22-16-10-14(20)9-15(21)11-16/h4-11,18H,12H2,1-3H3,(H,22,26)/t18-/m0/s1. The third-order valence-electron chi connectivity index (χ3n) is 3.82. The Labute approximate surface area is 163 Å². The molecule has 0 bridgehead atoms. The van der Waals surface area contributed by atoms with Gasteiger partial charge in [0.15, 0.2) is 0 Å². The molecule has 0 radical (unpaired) electrons. The number of hydrogen-bond donors (Lipinski definition) is 1. The summed E-state index contributed by atoms with van der Waals surface area (Å²) < 4.78 is 0. The van der Waals surface area contributed by atoms with Crippen molar-refractivity contribution >= 4 is 40.7 Å². The van der Waals surface area contributed by atoms with Crippen molar-refractivity contribution in [2.45, 2.75) is 6.04 Å². The molecule has 2 aromatic rings. The van der Waals surface area contributed by atoms with Crippen LogP contribution in [0.5, 0.6) is 0 Å². The van der Waals surface area contributed by atoms with Crippen LogP contribution in [0.2, 0.25) is 10.0 Å². The van der Waals surface area contributed by atoms with Crippen molar-refractivity contribution in [3.8, 4) is 0 Å². The maximum Gasteiger partial charge on any atom is 0.246 e. The fourth-order valence-corrected chi connectivity index (χ4v) is 3.05. The van der Waals surface area contributed by atoms with Crippen LogP contribution >= 0.6 is 23.2 Å². The van der Waals surface area contributed by atoms with Gasteiger partial charge in [-0.2, -0.15) is 0 Å². The van der Waals surface area contributed by atoms with Crippen molar-refractivity contribution in [3.05, 3.63) is 64.1 Å². The van der Waals surface area contributed by atoms with Gasteiger partial charge in [-0.25, -0.2) is 0 Å². The molecule has 7 heteroatoms. The van der Waals surface area contributed by atoms with E-state index in [9.17, 15) is 9.59 Å². The van der Waals surface area contributed by atoms with E-state index in [-0.39, 0.29) is 18.4 Å². The molecule has 5 nitrogen and oxygen atoms in total. The van der Waals surface area contributed by atoms with E-state index < -0.39 is 6.04 Å². The SMILES string of the molecule is CN(C)C(=O)CN(C)[C@H](C(=O)Nc1cc(Cl)cc(Cl)c1)c1ccccc1. The lowest BCUT2D eigenvalue weighted by molar-refractivity contribution is -0.131. The predicted molar refractivity (Wildman–Crippen MR) is 106 cm³/mol. The molecule has 138 valence electrons. The number of carbonyl (C=O) groups excluding carboxylic acids is 2. The van der Waals surface area contributed by atoms with Crippen LogP contribution in [-0.4, -0.2) is 49.3 Å². The van der Waals surface area contributed by atoms with Gasteiger partial charge in [-0.05, 0) is 30.8 Å². The number of nitrogens with zero attached hydrogens (tertiary/aromatic N) is 2. The van der Waals surface area contributed by atoms with E-state index in [0.717, 1.165) is 5.56 Å². The van der Waals surface area contributed by atoms with E-state index in [2.05, 4.69) is 5.32 Å². The summed E-state index contributed by atoms with van der Waals surface area (Å²) in [6.07, 6.45) is 0. The van der Waals surface area contributed by atoms with Gasteiger partial charge in [0.05, 0.1) is 6.54 Å². The van der Waals surface area contributed by atoms with E-state index in [1.54, 1.807) is 44.2 Å². The largest absolute Gasteiger partial charge is 0.348 e. The Morgan fingerprint density at radius 3 is 2.12 bits per heavy atom. The highest BCUT2D eigenvalue weighted by molar-refractivity contribution is 6.35. The van der Waals surface area contributed by atoms with Crippen molar-refractivity contribution in [2.75, 3.05) is 33.0 Å². The predicted octanol–water partition coefficient (Wildman–Crippen LogP) is 3.69.